The van der Waals surface area contributed by atoms with Gasteiger partial charge in [-0.05, 0) is 24.1 Å². The third kappa shape index (κ3) is 2.63. The minimum absolute atomic E-state index is 0.637. The Balaban J connectivity index is 1.63. The quantitative estimate of drug-likeness (QED) is 0.888. The SMILES string of the molecule is COc1ccc(CCn2cncc2C2CNC2)cc1. The van der Waals surface area contributed by atoms with Gasteiger partial charge in [0.25, 0.3) is 0 Å². The highest BCUT2D eigenvalue weighted by atomic mass is 16.5. The van der Waals surface area contributed by atoms with Crippen molar-refractivity contribution in [3.8, 4) is 5.75 Å². The maximum Gasteiger partial charge on any atom is 0.118 e. The molecular weight excluding hydrogens is 238 g/mol. The topological polar surface area (TPSA) is 39.1 Å². The fourth-order valence-electron chi connectivity index (χ4n) is 2.40. The fourth-order valence-corrected chi connectivity index (χ4v) is 2.40. The number of nitrogens with one attached hydrogen (secondary N) is 1. The summed E-state index contributed by atoms with van der Waals surface area (Å²) in [4.78, 5) is 4.28. The van der Waals surface area contributed by atoms with Crippen molar-refractivity contribution >= 4 is 0 Å². The lowest BCUT2D eigenvalue weighted by molar-refractivity contribution is 0.414. The highest BCUT2D eigenvalue weighted by molar-refractivity contribution is 5.27. The third-order valence-electron chi connectivity index (χ3n) is 3.74. The monoisotopic (exact) mass is 257 g/mol. The van der Waals surface area contributed by atoms with Crippen molar-refractivity contribution in [3.05, 3.63) is 48.0 Å². The molecule has 1 saturated heterocycles. The van der Waals surface area contributed by atoms with Crippen LogP contribution in [-0.2, 0) is 13.0 Å². The van der Waals surface area contributed by atoms with E-state index in [9.17, 15) is 0 Å². The zero-order valence-electron chi connectivity index (χ0n) is 11.2. The largest absolute Gasteiger partial charge is 0.497 e. The van der Waals surface area contributed by atoms with Crippen molar-refractivity contribution in [2.45, 2.75) is 18.9 Å². The minimum Gasteiger partial charge on any atom is -0.497 e. The Labute approximate surface area is 113 Å². The first kappa shape index (κ1) is 12.2. The summed E-state index contributed by atoms with van der Waals surface area (Å²) in [6.07, 6.45) is 4.96. The Hall–Kier alpha value is -1.81. The second kappa shape index (κ2) is 5.45. The maximum atomic E-state index is 5.17. The van der Waals surface area contributed by atoms with Gasteiger partial charge in [0.05, 0.1) is 13.4 Å². The Morgan fingerprint density at radius 2 is 2.11 bits per heavy atom. The Morgan fingerprint density at radius 1 is 1.32 bits per heavy atom. The number of hydrogen-bond acceptors (Lipinski definition) is 3. The van der Waals surface area contributed by atoms with Crippen LogP contribution in [0.4, 0.5) is 0 Å². The Bertz CT molecular complexity index is 529. The third-order valence-corrected chi connectivity index (χ3v) is 3.74. The summed E-state index contributed by atoms with van der Waals surface area (Å²) in [6.45, 7) is 3.14. The Kier molecular flexibility index (Phi) is 3.51. The summed E-state index contributed by atoms with van der Waals surface area (Å²) >= 11 is 0. The maximum absolute atomic E-state index is 5.17. The van der Waals surface area contributed by atoms with E-state index in [1.807, 2.05) is 24.7 Å². The molecule has 4 nitrogen and oxygen atoms in total. The summed E-state index contributed by atoms with van der Waals surface area (Å²) < 4.78 is 7.44. The molecule has 1 N–H and O–H groups in total. The lowest BCUT2D eigenvalue weighted by Crippen LogP contribution is -2.40. The average molecular weight is 257 g/mol. The second-order valence-corrected chi connectivity index (χ2v) is 4.97. The number of benzene rings is 1. The van der Waals surface area contributed by atoms with Gasteiger partial charge in [-0.3, -0.25) is 0 Å². The van der Waals surface area contributed by atoms with Crippen LogP contribution in [0, 0.1) is 0 Å². The predicted octanol–water partition coefficient (Wildman–Crippen LogP) is 1.82. The van der Waals surface area contributed by atoms with Crippen LogP contribution in [0.3, 0.4) is 0 Å². The molecule has 4 heteroatoms. The summed E-state index contributed by atoms with van der Waals surface area (Å²) in [7, 11) is 1.69. The van der Waals surface area contributed by atoms with Gasteiger partial charge in [-0.25, -0.2) is 4.98 Å². The molecule has 0 saturated carbocycles. The molecule has 2 heterocycles. The zero-order valence-corrected chi connectivity index (χ0v) is 11.2. The number of aromatic nitrogens is 2. The van der Waals surface area contributed by atoms with Crippen LogP contribution in [0.5, 0.6) is 5.75 Å². The van der Waals surface area contributed by atoms with Crippen LogP contribution in [0.15, 0.2) is 36.8 Å². The summed E-state index contributed by atoms with van der Waals surface area (Å²) in [5.41, 5.74) is 2.68. The predicted molar refractivity (Wildman–Crippen MR) is 74.5 cm³/mol. The molecule has 1 aromatic heterocycles. The van der Waals surface area contributed by atoms with E-state index >= 15 is 0 Å². The normalized spacial score (nSPS) is 15.2. The molecule has 19 heavy (non-hydrogen) atoms. The zero-order chi connectivity index (χ0) is 13.1. The molecule has 0 aliphatic carbocycles. The smallest absolute Gasteiger partial charge is 0.118 e. The Morgan fingerprint density at radius 3 is 2.74 bits per heavy atom. The molecule has 2 aromatic rings. The number of ether oxygens (including phenoxy) is 1. The highest BCUT2D eigenvalue weighted by Gasteiger charge is 2.21. The van der Waals surface area contributed by atoms with Crippen molar-refractivity contribution in [2.75, 3.05) is 20.2 Å². The average Bonchev–Trinajstić information content (AvgIpc) is 2.83. The van der Waals surface area contributed by atoms with Gasteiger partial charge in [0, 0.05) is 37.4 Å². The lowest BCUT2D eigenvalue weighted by Gasteiger charge is -2.27. The molecule has 0 atom stereocenters. The number of methoxy groups -OCH3 is 1. The molecule has 100 valence electrons. The number of rotatable bonds is 5. The van der Waals surface area contributed by atoms with Crippen molar-refractivity contribution in [3.63, 3.8) is 0 Å². The van der Waals surface area contributed by atoms with E-state index in [0.29, 0.717) is 5.92 Å². The number of imidazole rings is 1. The summed E-state index contributed by atoms with van der Waals surface area (Å²) in [5, 5.41) is 3.31. The molecule has 0 spiro atoms. The fraction of sp³-hybridized carbons (Fsp3) is 0.400. The van der Waals surface area contributed by atoms with Gasteiger partial charge in [0.15, 0.2) is 0 Å². The van der Waals surface area contributed by atoms with Gasteiger partial charge in [0.2, 0.25) is 0 Å². The minimum atomic E-state index is 0.637. The summed E-state index contributed by atoms with van der Waals surface area (Å²) in [6, 6.07) is 8.28. The van der Waals surface area contributed by atoms with E-state index in [0.717, 1.165) is 31.8 Å². The lowest BCUT2D eigenvalue weighted by atomic mass is 10.00. The standard InChI is InChI=1S/C15H19N3O/c1-19-14-4-2-12(3-5-14)6-7-18-11-17-10-15(18)13-8-16-9-13/h2-5,10-11,13,16H,6-9H2,1H3. The van der Waals surface area contributed by atoms with Crippen molar-refractivity contribution < 1.29 is 4.74 Å². The van der Waals surface area contributed by atoms with Gasteiger partial charge >= 0.3 is 0 Å². The van der Waals surface area contributed by atoms with Gasteiger partial charge in [0.1, 0.15) is 5.75 Å². The molecule has 1 aliphatic heterocycles. The highest BCUT2D eigenvalue weighted by Crippen LogP contribution is 2.20. The molecule has 1 aromatic carbocycles. The van der Waals surface area contributed by atoms with Crippen molar-refractivity contribution in [1.29, 1.82) is 0 Å². The van der Waals surface area contributed by atoms with E-state index in [4.69, 9.17) is 4.74 Å². The van der Waals surface area contributed by atoms with E-state index in [2.05, 4.69) is 27.0 Å². The molecule has 0 unspecified atom stereocenters. The first-order valence-corrected chi connectivity index (χ1v) is 6.70. The number of hydrogen-bond donors (Lipinski definition) is 1. The van der Waals surface area contributed by atoms with Gasteiger partial charge < -0.3 is 14.6 Å². The molecule has 0 radical (unpaired) electrons. The molecular formula is C15H19N3O. The molecule has 0 bridgehead atoms. The van der Waals surface area contributed by atoms with E-state index < -0.39 is 0 Å². The molecule has 1 aliphatic rings. The van der Waals surface area contributed by atoms with Crippen LogP contribution >= 0.6 is 0 Å². The van der Waals surface area contributed by atoms with Crippen molar-refractivity contribution in [2.24, 2.45) is 0 Å². The van der Waals surface area contributed by atoms with Crippen LogP contribution < -0.4 is 10.1 Å². The van der Waals surface area contributed by atoms with Crippen LogP contribution in [0.1, 0.15) is 17.2 Å². The van der Waals surface area contributed by atoms with Gasteiger partial charge in [-0.15, -0.1) is 0 Å². The van der Waals surface area contributed by atoms with Crippen LogP contribution in [0.25, 0.3) is 0 Å². The summed E-state index contributed by atoms with van der Waals surface area (Å²) in [5.74, 6) is 1.55. The van der Waals surface area contributed by atoms with Crippen LogP contribution in [0.2, 0.25) is 0 Å². The van der Waals surface area contributed by atoms with Gasteiger partial charge in [-0.1, -0.05) is 12.1 Å². The number of aryl methyl sites for hydroxylation is 2. The first-order valence-electron chi connectivity index (χ1n) is 6.70. The first-order chi connectivity index (χ1) is 9.36. The van der Waals surface area contributed by atoms with E-state index in [1.54, 1.807) is 7.11 Å². The van der Waals surface area contributed by atoms with Crippen molar-refractivity contribution in [1.82, 2.24) is 14.9 Å². The van der Waals surface area contributed by atoms with E-state index in [-0.39, 0.29) is 0 Å². The molecule has 3 rings (SSSR count). The number of nitrogens with zero attached hydrogens (tertiary/aromatic N) is 2. The van der Waals surface area contributed by atoms with E-state index in [1.165, 1.54) is 11.3 Å². The molecule has 1 fully saturated rings. The van der Waals surface area contributed by atoms with Gasteiger partial charge in [-0.2, -0.15) is 0 Å². The molecule has 0 amide bonds. The second-order valence-electron chi connectivity index (χ2n) is 4.97. The van der Waals surface area contributed by atoms with Crippen LogP contribution in [-0.4, -0.2) is 29.8 Å².